The number of benzene rings is 2. The summed E-state index contributed by atoms with van der Waals surface area (Å²) in [5, 5.41) is 11.9. The molecule has 0 radical (unpaired) electrons. The van der Waals surface area contributed by atoms with Crippen molar-refractivity contribution in [1.29, 1.82) is 0 Å². The molecule has 0 unspecified atom stereocenters. The monoisotopic (exact) mass is 299 g/mol. The zero-order valence-corrected chi connectivity index (χ0v) is 11.5. The number of phenolic OH excluding ortho intramolecular Hbond substituents is 1. The normalized spacial score (nSPS) is 15.8. The second-order valence-electron chi connectivity index (χ2n) is 4.60. The van der Waals surface area contributed by atoms with Crippen LogP contribution < -0.4 is 5.32 Å². The number of aromatic hydroxyl groups is 1. The molecule has 0 aliphatic carbocycles. The Balaban J connectivity index is 2.14. The van der Waals surface area contributed by atoms with Crippen molar-refractivity contribution in [2.24, 2.45) is 0 Å². The quantitative estimate of drug-likeness (QED) is 0.628. The van der Waals surface area contributed by atoms with E-state index in [-0.39, 0.29) is 10.8 Å². The molecule has 1 aliphatic rings. The van der Waals surface area contributed by atoms with Gasteiger partial charge in [-0.2, -0.15) is 0 Å². The Morgan fingerprint density at radius 1 is 1.00 bits per heavy atom. The van der Waals surface area contributed by atoms with Crippen molar-refractivity contribution in [3.8, 4) is 5.75 Å². The molecule has 0 aromatic heterocycles. The zero-order chi connectivity index (χ0) is 15.0. The van der Waals surface area contributed by atoms with Gasteiger partial charge in [-0.05, 0) is 35.4 Å². The van der Waals surface area contributed by atoms with Crippen LogP contribution in [0.5, 0.6) is 5.75 Å². The first-order chi connectivity index (χ1) is 10.1. The van der Waals surface area contributed by atoms with Crippen molar-refractivity contribution in [3.05, 3.63) is 64.2 Å². The van der Waals surface area contributed by atoms with Gasteiger partial charge in [0.1, 0.15) is 5.75 Å². The van der Waals surface area contributed by atoms with Crippen LogP contribution in [-0.2, 0) is 4.79 Å². The molecule has 0 bridgehead atoms. The molecule has 0 saturated heterocycles. The molecule has 1 aliphatic heterocycles. The van der Waals surface area contributed by atoms with Crippen LogP contribution in [0.3, 0.4) is 0 Å². The summed E-state index contributed by atoms with van der Waals surface area (Å²) in [4.78, 5) is 23.8. The molecule has 0 fully saturated rings. The second-order valence-corrected chi connectivity index (χ2v) is 5.00. The van der Waals surface area contributed by atoms with E-state index in [0.717, 1.165) is 0 Å². The van der Waals surface area contributed by atoms with E-state index >= 15 is 0 Å². The highest BCUT2D eigenvalue weighted by Gasteiger charge is 2.26. The van der Waals surface area contributed by atoms with Gasteiger partial charge in [-0.3, -0.25) is 14.9 Å². The maximum absolute atomic E-state index is 12.0. The summed E-state index contributed by atoms with van der Waals surface area (Å²) >= 11 is 5.86. The van der Waals surface area contributed by atoms with E-state index in [9.17, 15) is 14.7 Å². The lowest BCUT2D eigenvalue weighted by atomic mass is 9.93. The summed E-state index contributed by atoms with van der Waals surface area (Å²) < 4.78 is 0. The van der Waals surface area contributed by atoms with Gasteiger partial charge in [-0.25, -0.2) is 0 Å². The fraction of sp³-hybridized carbons (Fsp3) is 0. The van der Waals surface area contributed by atoms with Gasteiger partial charge in [-0.15, -0.1) is 0 Å². The van der Waals surface area contributed by atoms with Crippen LogP contribution in [0.15, 0.2) is 42.5 Å². The van der Waals surface area contributed by atoms with Crippen LogP contribution in [0.4, 0.5) is 0 Å². The maximum atomic E-state index is 12.0. The van der Waals surface area contributed by atoms with E-state index in [1.807, 2.05) is 0 Å². The Kier molecular flexibility index (Phi) is 3.23. The van der Waals surface area contributed by atoms with E-state index in [1.54, 1.807) is 42.5 Å². The number of phenols is 1. The van der Waals surface area contributed by atoms with Crippen LogP contribution in [0, 0.1) is 0 Å². The number of carbonyl (C=O) groups excluding carboxylic acids is 2. The zero-order valence-electron chi connectivity index (χ0n) is 10.8. The topological polar surface area (TPSA) is 66.4 Å². The van der Waals surface area contributed by atoms with Gasteiger partial charge >= 0.3 is 0 Å². The van der Waals surface area contributed by atoms with Crippen LogP contribution in [0.1, 0.15) is 21.5 Å². The number of nitrogens with one attached hydrogen (secondary N) is 1. The number of hydrogen-bond acceptors (Lipinski definition) is 3. The van der Waals surface area contributed by atoms with Crippen LogP contribution in [-0.4, -0.2) is 16.9 Å². The maximum Gasteiger partial charge on any atom is 0.258 e. The number of hydrogen-bond donors (Lipinski definition) is 2. The molecule has 0 spiro atoms. The van der Waals surface area contributed by atoms with Crippen molar-refractivity contribution >= 4 is 35.1 Å². The molecule has 5 heteroatoms. The second kappa shape index (κ2) is 5.07. The first-order valence-corrected chi connectivity index (χ1v) is 6.59. The number of imide groups is 1. The third-order valence-electron chi connectivity index (χ3n) is 3.22. The van der Waals surface area contributed by atoms with Crippen molar-refractivity contribution in [1.82, 2.24) is 5.32 Å². The number of halogens is 1. The van der Waals surface area contributed by atoms with Gasteiger partial charge in [0.25, 0.3) is 11.8 Å². The van der Waals surface area contributed by atoms with E-state index < -0.39 is 11.8 Å². The standard InChI is InChI=1S/C16H10ClNO3/c17-13-8-9(5-6-14(13)19)7-12-10-3-1-2-4-11(10)15(20)18-16(12)21/h1-8,19H,(H,18,20,21)/b12-7-. The summed E-state index contributed by atoms with van der Waals surface area (Å²) in [6, 6.07) is 11.5. The average molecular weight is 300 g/mol. The van der Waals surface area contributed by atoms with Crippen molar-refractivity contribution in [3.63, 3.8) is 0 Å². The third kappa shape index (κ3) is 2.41. The minimum Gasteiger partial charge on any atom is -0.506 e. The molecule has 3 rings (SSSR count). The Labute approximate surface area is 125 Å². The van der Waals surface area contributed by atoms with Crippen LogP contribution in [0.2, 0.25) is 5.02 Å². The number of rotatable bonds is 1. The predicted molar refractivity (Wildman–Crippen MR) is 79.9 cm³/mol. The minimum absolute atomic E-state index is 0.0255. The van der Waals surface area contributed by atoms with E-state index in [2.05, 4.69) is 5.32 Å². The first kappa shape index (κ1) is 13.4. The Morgan fingerprint density at radius 3 is 2.43 bits per heavy atom. The number of fused-ring (bicyclic) bond motifs is 1. The molecule has 0 saturated carbocycles. The summed E-state index contributed by atoms with van der Waals surface area (Å²) in [7, 11) is 0. The SMILES string of the molecule is O=C1NC(=O)c2ccccc2/C1=C/c1ccc(O)c(Cl)c1. The lowest BCUT2D eigenvalue weighted by Crippen LogP contribution is -2.36. The number of amides is 2. The highest BCUT2D eigenvalue weighted by Crippen LogP contribution is 2.29. The van der Waals surface area contributed by atoms with Crippen LogP contribution >= 0.6 is 11.6 Å². The van der Waals surface area contributed by atoms with Gasteiger partial charge in [0, 0.05) is 11.1 Å². The van der Waals surface area contributed by atoms with Gasteiger partial charge < -0.3 is 5.11 Å². The molecular weight excluding hydrogens is 290 g/mol. The smallest absolute Gasteiger partial charge is 0.258 e. The van der Waals surface area contributed by atoms with Crippen molar-refractivity contribution < 1.29 is 14.7 Å². The molecule has 104 valence electrons. The lowest BCUT2D eigenvalue weighted by molar-refractivity contribution is -0.114. The van der Waals surface area contributed by atoms with Gasteiger partial charge in [-0.1, -0.05) is 35.9 Å². The van der Waals surface area contributed by atoms with E-state index in [0.29, 0.717) is 22.3 Å². The lowest BCUT2D eigenvalue weighted by Gasteiger charge is -2.18. The molecular formula is C16H10ClNO3. The van der Waals surface area contributed by atoms with Crippen molar-refractivity contribution in [2.75, 3.05) is 0 Å². The molecule has 4 nitrogen and oxygen atoms in total. The Bertz CT molecular complexity index is 796. The van der Waals surface area contributed by atoms with Crippen molar-refractivity contribution in [2.45, 2.75) is 0 Å². The van der Waals surface area contributed by atoms with Gasteiger partial charge in [0.2, 0.25) is 0 Å². The fourth-order valence-electron chi connectivity index (χ4n) is 2.20. The predicted octanol–water partition coefficient (Wildman–Crippen LogP) is 2.86. The first-order valence-electron chi connectivity index (χ1n) is 6.21. The molecule has 21 heavy (non-hydrogen) atoms. The van der Waals surface area contributed by atoms with E-state index in [1.165, 1.54) is 6.07 Å². The highest BCUT2D eigenvalue weighted by molar-refractivity contribution is 6.34. The third-order valence-corrected chi connectivity index (χ3v) is 3.52. The molecule has 2 N–H and O–H groups in total. The van der Waals surface area contributed by atoms with Gasteiger partial charge in [0.15, 0.2) is 0 Å². The largest absolute Gasteiger partial charge is 0.506 e. The van der Waals surface area contributed by atoms with E-state index in [4.69, 9.17) is 11.6 Å². The molecule has 2 aromatic rings. The summed E-state index contributed by atoms with van der Waals surface area (Å²) in [6.45, 7) is 0. The Hall–Kier alpha value is -2.59. The summed E-state index contributed by atoms with van der Waals surface area (Å²) in [5.74, 6) is -0.887. The minimum atomic E-state index is -0.456. The number of carbonyl (C=O) groups is 2. The summed E-state index contributed by atoms with van der Waals surface area (Å²) in [6.07, 6.45) is 1.63. The molecule has 2 aromatic carbocycles. The molecule has 0 atom stereocenters. The molecule has 2 amide bonds. The molecule has 1 heterocycles. The Morgan fingerprint density at radius 2 is 1.71 bits per heavy atom. The average Bonchev–Trinajstić information content (AvgIpc) is 2.47. The summed E-state index contributed by atoms with van der Waals surface area (Å²) in [5.41, 5.74) is 2.07. The highest BCUT2D eigenvalue weighted by atomic mass is 35.5. The van der Waals surface area contributed by atoms with Crippen LogP contribution in [0.25, 0.3) is 11.6 Å². The fourth-order valence-corrected chi connectivity index (χ4v) is 2.39. The van der Waals surface area contributed by atoms with Gasteiger partial charge in [0.05, 0.1) is 5.02 Å².